The number of thiazole rings is 1. The summed E-state index contributed by atoms with van der Waals surface area (Å²) in [6.07, 6.45) is 0. The van der Waals surface area contributed by atoms with E-state index in [9.17, 15) is 4.39 Å². The van der Waals surface area contributed by atoms with Gasteiger partial charge in [-0.2, -0.15) is 5.26 Å². The molecule has 1 heterocycles. The lowest BCUT2D eigenvalue weighted by atomic mass is 10.2. The number of nitrogens with zero attached hydrogens (tertiary/aromatic N) is 2. The molecule has 0 aliphatic heterocycles. The minimum Gasteiger partial charge on any atom is -0.376 e. The highest BCUT2D eigenvalue weighted by Gasteiger charge is 2.06. The third kappa shape index (κ3) is 2.46. The SMILES string of the molecule is N#Cc1ccc(NCc2nc3ccccc3s2)c(F)c1. The second kappa shape index (κ2) is 5.27. The maximum atomic E-state index is 13.7. The lowest BCUT2D eigenvalue weighted by molar-refractivity contribution is 0.629. The average Bonchev–Trinajstić information content (AvgIpc) is 2.88. The molecule has 0 spiro atoms. The molecule has 0 radical (unpaired) electrons. The third-order valence-electron chi connectivity index (χ3n) is 2.87. The van der Waals surface area contributed by atoms with E-state index in [1.165, 1.54) is 6.07 Å². The molecule has 1 N–H and O–H groups in total. The number of para-hydroxylation sites is 1. The molecule has 3 aromatic rings. The van der Waals surface area contributed by atoms with Crippen LogP contribution in [0.25, 0.3) is 10.2 Å². The van der Waals surface area contributed by atoms with Crippen molar-refractivity contribution in [3.8, 4) is 6.07 Å². The normalized spacial score (nSPS) is 10.4. The zero-order valence-corrected chi connectivity index (χ0v) is 11.2. The van der Waals surface area contributed by atoms with Gasteiger partial charge in [0.1, 0.15) is 10.8 Å². The molecule has 0 fully saturated rings. The number of nitriles is 1. The Morgan fingerprint density at radius 1 is 1.25 bits per heavy atom. The Hall–Kier alpha value is -2.45. The fourth-order valence-corrected chi connectivity index (χ4v) is 2.80. The molecule has 2 aromatic carbocycles. The van der Waals surface area contributed by atoms with Gasteiger partial charge in [0.05, 0.1) is 34.1 Å². The van der Waals surface area contributed by atoms with E-state index in [2.05, 4.69) is 10.3 Å². The highest BCUT2D eigenvalue weighted by atomic mass is 32.1. The fraction of sp³-hybridized carbons (Fsp3) is 0.0667. The minimum atomic E-state index is -0.426. The molecule has 0 amide bonds. The first-order chi connectivity index (χ1) is 9.76. The van der Waals surface area contributed by atoms with Gasteiger partial charge in [-0.15, -0.1) is 11.3 Å². The van der Waals surface area contributed by atoms with Crippen LogP contribution < -0.4 is 5.32 Å². The molecular formula is C15H10FN3S. The number of anilines is 1. The van der Waals surface area contributed by atoms with Crippen molar-refractivity contribution in [3.05, 3.63) is 58.9 Å². The molecule has 0 saturated carbocycles. The van der Waals surface area contributed by atoms with Crippen LogP contribution in [0.5, 0.6) is 0 Å². The van der Waals surface area contributed by atoms with Crippen LogP contribution in [0.1, 0.15) is 10.6 Å². The minimum absolute atomic E-state index is 0.313. The van der Waals surface area contributed by atoms with Crippen molar-refractivity contribution in [1.82, 2.24) is 4.98 Å². The summed E-state index contributed by atoms with van der Waals surface area (Å²) >= 11 is 1.58. The van der Waals surface area contributed by atoms with Gasteiger partial charge in [-0.05, 0) is 30.3 Å². The van der Waals surface area contributed by atoms with E-state index in [0.29, 0.717) is 17.8 Å². The van der Waals surface area contributed by atoms with Crippen LogP contribution >= 0.6 is 11.3 Å². The zero-order chi connectivity index (χ0) is 13.9. The third-order valence-corrected chi connectivity index (χ3v) is 3.90. The summed E-state index contributed by atoms with van der Waals surface area (Å²) in [5, 5.41) is 12.6. The monoisotopic (exact) mass is 283 g/mol. The first kappa shape index (κ1) is 12.6. The summed E-state index contributed by atoms with van der Waals surface area (Å²) in [6.45, 7) is 0.460. The number of aromatic nitrogens is 1. The number of rotatable bonds is 3. The Balaban J connectivity index is 1.77. The number of benzene rings is 2. The fourth-order valence-electron chi connectivity index (χ4n) is 1.89. The molecule has 98 valence electrons. The molecule has 0 unspecified atom stereocenters. The summed E-state index contributed by atoms with van der Waals surface area (Å²) in [6, 6.07) is 14.2. The van der Waals surface area contributed by atoms with Crippen LogP contribution in [0.2, 0.25) is 0 Å². The first-order valence-corrected chi connectivity index (χ1v) is 6.86. The number of hydrogen-bond acceptors (Lipinski definition) is 4. The maximum Gasteiger partial charge on any atom is 0.147 e. The molecule has 5 heteroatoms. The van der Waals surface area contributed by atoms with Gasteiger partial charge < -0.3 is 5.32 Å². The summed E-state index contributed by atoms with van der Waals surface area (Å²) in [7, 11) is 0. The molecular weight excluding hydrogens is 273 g/mol. The van der Waals surface area contributed by atoms with Crippen LogP contribution in [0.15, 0.2) is 42.5 Å². The van der Waals surface area contributed by atoms with Gasteiger partial charge in [0, 0.05) is 0 Å². The van der Waals surface area contributed by atoms with E-state index in [4.69, 9.17) is 5.26 Å². The molecule has 0 aliphatic carbocycles. The zero-order valence-electron chi connectivity index (χ0n) is 10.4. The van der Waals surface area contributed by atoms with Crippen molar-refractivity contribution < 1.29 is 4.39 Å². The van der Waals surface area contributed by atoms with Gasteiger partial charge in [-0.3, -0.25) is 0 Å². The van der Waals surface area contributed by atoms with Crippen molar-refractivity contribution in [2.75, 3.05) is 5.32 Å². The second-order valence-electron chi connectivity index (χ2n) is 4.24. The van der Waals surface area contributed by atoms with Crippen LogP contribution in [-0.4, -0.2) is 4.98 Å². The van der Waals surface area contributed by atoms with E-state index in [0.717, 1.165) is 15.2 Å². The lowest BCUT2D eigenvalue weighted by Crippen LogP contribution is -2.01. The van der Waals surface area contributed by atoms with Crippen molar-refractivity contribution in [1.29, 1.82) is 5.26 Å². The van der Waals surface area contributed by atoms with Gasteiger partial charge in [0.2, 0.25) is 0 Å². The summed E-state index contributed by atoms with van der Waals surface area (Å²) in [5.41, 5.74) is 1.64. The van der Waals surface area contributed by atoms with Crippen LogP contribution in [0.4, 0.5) is 10.1 Å². The first-order valence-electron chi connectivity index (χ1n) is 6.04. The van der Waals surface area contributed by atoms with Gasteiger partial charge in [-0.1, -0.05) is 12.1 Å². The largest absolute Gasteiger partial charge is 0.376 e. The Bertz CT molecular complexity index is 771. The predicted octanol–water partition coefficient (Wildman–Crippen LogP) is 3.92. The molecule has 0 saturated heterocycles. The number of nitrogens with one attached hydrogen (secondary N) is 1. The van der Waals surface area contributed by atoms with Gasteiger partial charge >= 0.3 is 0 Å². The van der Waals surface area contributed by atoms with E-state index in [1.54, 1.807) is 23.5 Å². The van der Waals surface area contributed by atoms with E-state index < -0.39 is 5.82 Å². The predicted molar refractivity (Wildman–Crippen MR) is 78.1 cm³/mol. The Kier molecular flexibility index (Phi) is 3.32. The highest BCUT2D eigenvalue weighted by Crippen LogP contribution is 2.23. The van der Waals surface area contributed by atoms with E-state index in [1.807, 2.05) is 30.3 Å². The van der Waals surface area contributed by atoms with E-state index >= 15 is 0 Å². The van der Waals surface area contributed by atoms with Crippen LogP contribution in [0, 0.1) is 17.1 Å². The van der Waals surface area contributed by atoms with Gasteiger partial charge in [0.25, 0.3) is 0 Å². The molecule has 20 heavy (non-hydrogen) atoms. The highest BCUT2D eigenvalue weighted by molar-refractivity contribution is 7.18. The second-order valence-corrected chi connectivity index (χ2v) is 5.35. The summed E-state index contributed by atoms with van der Waals surface area (Å²) in [4.78, 5) is 4.47. The average molecular weight is 283 g/mol. The van der Waals surface area contributed by atoms with Crippen molar-refractivity contribution in [2.45, 2.75) is 6.54 Å². The van der Waals surface area contributed by atoms with Gasteiger partial charge in [0.15, 0.2) is 0 Å². The molecule has 1 aromatic heterocycles. The number of hydrogen-bond donors (Lipinski definition) is 1. The molecule has 0 atom stereocenters. The molecule has 0 aliphatic rings. The molecule has 0 bridgehead atoms. The smallest absolute Gasteiger partial charge is 0.147 e. The van der Waals surface area contributed by atoms with Crippen molar-refractivity contribution in [2.24, 2.45) is 0 Å². The Morgan fingerprint density at radius 2 is 2.10 bits per heavy atom. The molecule has 3 rings (SSSR count). The van der Waals surface area contributed by atoms with Crippen LogP contribution in [-0.2, 0) is 6.54 Å². The lowest BCUT2D eigenvalue weighted by Gasteiger charge is -2.05. The van der Waals surface area contributed by atoms with Gasteiger partial charge in [-0.25, -0.2) is 9.37 Å². The maximum absolute atomic E-state index is 13.7. The number of fused-ring (bicyclic) bond motifs is 1. The standard InChI is InChI=1S/C15H10FN3S/c16-11-7-10(8-17)5-6-12(11)18-9-15-19-13-3-1-2-4-14(13)20-15/h1-7,18H,9H2. The van der Waals surface area contributed by atoms with Crippen molar-refractivity contribution in [3.63, 3.8) is 0 Å². The quantitative estimate of drug-likeness (QED) is 0.792. The van der Waals surface area contributed by atoms with E-state index in [-0.39, 0.29) is 0 Å². The summed E-state index contributed by atoms with van der Waals surface area (Å²) < 4.78 is 14.8. The molecule has 3 nitrogen and oxygen atoms in total. The summed E-state index contributed by atoms with van der Waals surface area (Å²) in [5.74, 6) is -0.426. The van der Waals surface area contributed by atoms with Crippen molar-refractivity contribution >= 4 is 27.2 Å². The topological polar surface area (TPSA) is 48.7 Å². The number of halogens is 1. The van der Waals surface area contributed by atoms with Crippen LogP contribution in [0.3, 0.4) is 0 Å². The Labute approximate surface area is 119 Å². The Morgan fingerprint density at radius 3 is 2.85 bits per heavy atom.